The average molecular weight is 1180 g/mol. The zero-order chi connectivity index (χ0) is 58.1. The quantitative estimate of drug-likeness (QED) is 0.0259. The van der Waals surface area contributed by atoms with Crippen LogP contribution < -0.4 is 18.9 Å². The number of hydrogen-bond donors (Lipinski definition) is 0. The summed E-state index contributed by atoms with van der Waals surface area (Å²) < 4.78 is 46.7. The average Bonchev–Trinajstić information content (AvgIpc) is 3.47. The van der Waals surface area contributed by atoms with Crippen LogP contribution in [0.15, 0.2) is 48.5 Å². The molecule has 0 aromatic heterocycles. The molecular formula is C60H72O16S4. The molecule has 0 N–H and O–H groups in total. The molecule has 0 radical (unpaired) electrons. The molecule has 0 aliphatic heterocycles. The van der Waals surface area contributed by atoms with Crippen molar-refractivity contribution in [3.8, 4) is 23.0 Å². The summed E-state index contributed by atoms with van der Waals surface area (Å²) in [6.07, 6.45) is 5.44. The number of esters is 4. The van der Waals surface area contributed by atoms with Crippen LogP contribution in [0.2, 0.25) is 0 Å². The maximum atomic E-state index is 13.0. The van der Waals surface area contributed by atoms with Crippen LogP contribution >= 0.6 is 47.0 Å². The molecule has 0 heterocycles. The fraction of sp³-hybridized carbons (Fsp3) is 0.467. The van der Waals surface area contributed by atoms with E-state index in [-0.39, 0.29) is 46.1 Å². The number of hydrogen-bond acceptors (Lipinski definition) is 20. The minimum absolute atomic E-state index is 0.00417. The largest absolute Gasteiger partial charge is 0.481 e. The summed E-state index contributed by atoms with van der Waals surface area (Å²) in [7, 11) is 5.10. The Morgan fingerprint density at radius 3 is 0.650 bits per heavy atom. The zero-order valence-corrected chi connectivity index (χ0v) is 50.2. The Hall–Kier alpha value is -5.96. The van der Waals surface area contributed by atoms with Gasteiger partial charge in [-0.3, -0.25) is 19.2 Å². The second kappa shape index (κ2) is 33.7. The van der Waals surface area contributed by atoms with E-state index in [0.717, 1.165) is 22.3 Å². The van der Waals surface area contributed by atoms with Gasteiger partial charge in [0.2, 0.25) is 0 Å². The lowest BCUT2D eigenvalue weighted by atomic mass is 9.87. The second-order valence-corrected chi connectivity index (χ2v) is 24.0. The molecule has 16 nitrogen and oxygen atoms in total. The van der Waals surface area contributed by atoms with Gasteiger partial charge in [-0.25, -0.2) is 19.2 Å². The molecular weight excluding hydrogens is 1100 g/mol. The van der Waals surface area contributed by atoms with E-state index in [0.29, 0.717) is 142 Å². The number of benzene rings is 4. The van der Waals surface area contributed by atoms with Crippen LogP contribution in [0, 0.1) is 0 Å². The number of rotatable bonds is 28. The summed E-state index contributed by atoms with van der Waals surface area (Å²) >= 11 is 4.96. The molecule has 5 rings (SSSR count). The fourth-order valence-electron chi connectivity index (χ4n) is 9.23. The van der Waals surface area contributed by atoms with Gasteiger partial charge in [-0.05, 0) is 118 Å². The van der Waals surface area contributed by atoms with Crippen LogP contribution in [0.25, 0.3) is 0 Å². The Morgan fingerprint density at radius 1 is 0.325 bits per heavy atom. The molecule has 0 spiro atoms. The van der Waals surface area contributed by atoms with Crippen LogP contribution in [0.3, 0.4) is 0 Å². The molecule has 80 heavy (non-hydrogen) atoms. The van der Waals surface area contributed by atoms with Gasteiger partial charge in [-0.1, -0.05) is 95.6 Å². The molecule has 20 heteroatoms. The summed E-state index contributed by atoms with van der Waals surface area (Å²) in [5.41, 5.74) is 8.93. The fourth-order valence-corrected chi connectivity index (χ4v) is 11.5. The zero-order valence-electron chi connectivity index (χ0n) is 46.9. The molecule has 4 aromatic carbocycles. The first kappa shape index (κ1) is 64.9. The predicted molar refractivity (Wildman–Crippen MR) is 313 cm³/mol. The molecule has 432 valence electrons. The standard InChI is InChI=1S/C60H72O16S4/c1-37(61)77-17-9-13-41-21-45-29-47-23-42(14-10-18-78-38(2)62)25-49(58(47)74-34-54(66)70-6)31-51-27-44(16-12-20-80-40(4)64)28-52(60(51)76-36-56(68)72-8)32-50-26-43(15-11-19-79-39(3)63)24-48(59(50)75-35-55(67)71-7)30-46(22-41)57(45)73-33-53(65)69-5/h21-28H,9-20,29-36H2,1-8H3. The summed E-state index contributed by atoms with van der Waals surface area (Å²) in [5, 5.41) is 0.0167. The molecule has 4 aromatic rings. The minimum Gasteiger partial charge on any atom is -0.481 e. The number of ether oxygens (including phenoxy) is 8. The summed E-state index contributed by atoms with van der Waals surface area (Å²) in [5.74, 6) is 1.33. The third kappa shape index (κ3) is 21.5. The Balaban J connectivity index is 1.96. The first-order valence-electron chi connectivity index (χ1n) is 26.3. The number of carbonyl (C=O) groups is 8. The molecule has 0 atom stereocenters. The highest BCUT2D eigenvalue weighted by Crippen LogP contribution is 2.42. The third-order valence-electron chi connectivity index (χ3n) is 12.6. The van der Waals surface area contributed by atoms with Crippen LogP contribution in [-0.2, 0) is 109 Å². The molecule has 0 unspecified atom stereocenters. The van der Waals surface area contributed by atoms with Gasteiger partial charge < -0.3 is 37.9 Å². The van der Waals surface area contributed by atoms with E-state index in [1.807, 2.05) is 48.5 Å². The Labute approximate surface area is 485 Å². The van der Waals surface area contributed by atoms with Crippen molar-refractivity contribution in [1.29, 1.82) is 0 Å². The Morgan fingerprint density at radius 2 is 0.500 bits per heavy atom. The lowest BCUT2D eigenvalue weighted by Gasteiger charge is -2.24. The van der Waals surface area contributed by atoms with Gasteiger partial charge in [-0.2, -0.15) is 0 Å². The van der Waals surface area contributed by atoms with E-state index < -0.39 is 50.3 Å². The smallest absolute Gasteiger partial charge is 0.343 e. The van der Waals surface area contributed by atoms with Crippen molar-refractivity contribution in [3.63, 3.8) is 0 Å². The summed E-state index contributed by atoms with van der Waals surface area (Å²) in [6, 6.07) is 16.1. The lowest BCUT2D eigenvalue weighted by molar-refractivity contribution is -0.143. The van der Waals surface area contributed by atoms with Crippen molar-refractivity contribution < 1.29 is 76.3 Å². The van der Waals surface area contributed by atoms with Crippen molar-refractivity contribution in [2.24, 2.45) is 0 Å². The van der Waals surface area contributed by atoms with Crippen molar-refractivity contribution >= 4 is 91.4 Å². The monoisotopic (exact) mass is 1180 g/mol. The van der Waals surface area contributed by atoms with Crippen molar-refractivity contribution in [1.82, 2.24) is 0 Å². The minimum atomic E-state index is -0.623. The summed E-state index contributed by atoms with van der Waals surface area (Å²) in [4.78, 5) is 100. The SMILES string of the molecule is COC(=O)COc1c2cc(CCCSC(C)=O)cc1Cc1cc(CCCSC(C)=O)cc(c1OCC(=O)OC)Cc1cc(CCCSC(C)=O)cc(c1OCC(=O)OC)Cc1cc(CCCSC(C)=O)cc(c1OCC(=O)OC)C2. The summed E-state index contributed by atoms with van der Waals surface area (Å²) in [6.45, 7) is 4.35. The maximum Gasteiger partial charge on any atom is 0.343 e. The van der Waals surface area contributed by atoms with E-state index >= 15 is 0 Å². The molecule has 8 bridgehead atoms. The van der Waals surface area contributed by atoms with Crippen molar-refractivity contribution in [2.45, 2.75) is 105 Å². The highest BCUT2D eigenvalue weighted by Gasteiger charge is 2.26. The van der Waals surface area contributed by atoms with E-state index in [9.17, 15) is 38.4 Å². The Bertz CT molecular complexity index is 2390. The van der Waals surface area contributed by atoms with Gasteiger partial charge in [-0.15, -0.1) is 0 Å². The number of methoxy groups -OCH3 is 4. The first-order valence-corrected chi connectivity index (χ1v) is 30.2. The van der Waals surface area contributed by atoms with Crippen LogP contribution in [-0.4, -0.2) is 122 Å². The molecule has 0 fully saturated rings. The van der Waals surface area contributed by atoms with Gasteiger partial charge in [0, 0.05) is 76.4 Å². The van der Waals surface area contributed by atoms with Gasteiger partial charge in [0.1, 0.15) is 23.0 Å². The van der Waals surface area contributed by atoms with Gasteiger partial charge in [0.05, 0.1) is 28.4 Å². The molecule has 1 aliphatic rings. The van der Waals surface area contributed by atoms with Gasteiger partial charge in [0.25, 0.3) is 0 Å². The van der Waals surface area contributed by atoms with Gasteiger partial charge >= 0.3 is 23.9 Å². The highest BCUT2D eigenvalue weighted by atomic mass is 32.2. The molecule has 0 saturated heterocycles. The van der Waals surface area contributed by atoms with Crippen LogP contribution in [0.5, 0.6) is 23.0 Å². The second-order valence-electron chi connectivity index (χ2n) is 18.9. The lowest BCUT2D eigenvalue weighted by Crippen LogP contribution is -2.18. The first-order chi connectivity index (χ1) is 38.4. The van der Waals surface area contributed by atoms with Crippen molar-refractivity contribution in [3.05, 3.63) is 115 Å². The normalized spacial score (nSPS) is 11.7. The van der Waals surface area contributed by atoms with Crippen molar-refractivity contribution in [2.75, 3.05) is 77.9 Å². The predicted octanol–water partition coefficient (Wildman–Crippen LogP) is 9.42. The molecule has 1 aliphatic carbocycles. The molecule has 0 amide bonds. The number of aryl methyl sites for hydroxylation is 4. The Kier molecular flexibility index (Phi) is 27.3. The van der Waals surface area contributed by atoms with E-state index in [2.05, 4.69) is 0 Å². The number of fused-ring (bicyclic) bond motifs is 8. The van der Waals surface area contributed by atoms with E-state index in [1.165, 1.54) is 103 Å². The number of carbonyl (C=O) groups excluding carboxylic acids is 8. The van der Waals surface area contributed by atoms with E-state index in [1.54, 1.807) is 0 Å². The van der Waals surface area contributed by atoms with Crippen LogP contribution in [0.4, 0.5) is 0 Å². The maximum absolute atomic E-state index is 13.0. The molecule has 0 saturated carbocycles. The number of thioether (sulfide) groups is 4. The van der Waals surface area contributed by atoms with E-state index in [4.69, 9.17) is 37.9 Å². The topological polar surface area (TPSA) is 210 Å². The van der Waals surface area contributed by atoms with Crippen LogP contribution in [0.1, 0.15) is 120 Å². The highest BCUT2D eigenvalue weighted by molar-refractivity contribution is 8.14. The third-order valence-corrected chi connectivity index (χ3v) is 16.2. The van der Waals surface area contributed by atoms with Gasteiger partial charge in [0.15, 0.2) is 46.9 Å².